The molecule has 0 aliphatic rings. The molecule has 3 nitrogen and oxygen atoms in total. The summed E-state index contributed by atoms with van der Waals surface area (Å²) in [5, 5.41) is 4.34. The quantitative estimate of drug-likeness (QED) is 0.847. The lowest BCUT2D eigenvalue weighted by Gasteiger charge is -2.13. The van der Waals surface area contributed by atoms with Crippen LogP contribution in [0.3, 0.4) is 0 Å². The molecule has 3 N–H and O–H groups in total. The van der Waals surface area contributed by atoms with Gasteiger partial charge in [-0.15, -0.1) is 23.7 Å². The van der Waals surface area contributed by atoms with Crippen LogP contribution < -0.4 is 11.1 Å². The normalized spacial score (nSPS) is 12.1. The number of nitrogens with one attached hydrogen (secondary N) is 1. The Bertz CT molecular complexity index is 687. The van der Waals surface area contributed by atoms with E-state index in [-0.39, 0.29) is 11.9 Å². The van der Waals surface area contributed by atoms with Gasteiger partial charge in [0.25, 0.3) is 5.91 Å². The molecule has 2 rings (SSSR count). The Morgan fingerprint density at radius 1 is 1.60 bits per heavy atom. The largest absolute Gasteiger partial charge is 0.397 e. The van der Waals surface area contributed by atoms with E-state index < -0.39 is 0 Å². The van der Waals surface area contributed by atoms with E-state index in [9.17, 15) is 4.79 Å². The molecule has 104 valence electrons. The van der Waals surface area contributed by atoms with Crippen molar-refractivity contribution in [2.24, 2.45) is 0 Å². The summed E-state index contributed by atoms with van der Waals surface area (Å²) in [6, 6.07) is 5.40. The molecule has 0 saturated carbocycles. The second-order valence-corrected chi connectivity index (χ2v) is 5.96. The van der Waals surface area contributed by atoms with E-state index in [0.29, 0.717) is 22.0 Å². The highest BCUT2D eigenvalue weighted by molar-refractivity contribution is 7.21. The van der Waals surface area contributed by atoms with Gasteiger partial charge < -0.3 is 11.1 Å². The summed E-state index contributed by atoms with van der Waals surface area (Å²) in [6.45, 7) is 1.98. The van der Waals surface area contributed by atoms with Gasteiger partial charge in [-0.1, -0.05) is 18.5 Å². The van der Waals surface area contributed by atoms with Crippen molar-refractivity contribution < 1.29 is 4.79 Å². The lowest BCUT2D eigenvalue weighted by atomic mass is 10.1. The maximum absolute atomic E-state index is 12.3. The molecule has 2 aromatic rings. The van der Waals surface area contributed by atoms with Crippen molar-refractivity contribution in [1.29, 1.82) is 0 Å². The van der Waals surface area contributed by atoms with Gasteiger partial charge in [-0.05, 0) is 24.6 Å². The van der Waals surface area contributed by atoms with Gasteiger partial charge in [-0.2, -0.15) is 0 Å². The molecule has 0 fully saturated rings. The minimum atomic E-state index is -0.179. The first-order valence-electron chi connectivity index (χ1n) is 6.28. The van der Waals surface area contributed by atoms with Crippen molar-refractivity contribution >= 4 is 44.6 Å². The molecule has 1 aromatic heterocycles. The number of hydrogen-bond acceptors (Lipinski definition) is 3. The number of nitrogens with two attached hydrogens (primary N) is 1. The SMILES string of the molecule is C#CCC(CC)NC(=O)c1sc2ccc(Cl)cc2c1N. The zero-order valence-corrected chi connectivity index (χ0v) is 12.6. The second kappa shape index (κ2) is 6.17. The summed E-state index contributed by atoms with van der Waals surface area (Å²) >= 11 is 7.32. The van der Waals surface area contributed by atoms with Crippen molar-refractivity contribution in [3.63, 3.8) is 0 Å². The number of anilines is 1. The number of fused-ring (bicyclic) bond motifs is 1. The number of carbonyl (C=O) groups is 1. The monoisotopic (exact) mass is 306 g/mol. The fraction of sp³-hybridized carbons (Fsp3) is 0.267. The minimum absolute atomic E-state index is 0.0271. The van der Waals surface area contributed by atoms with Crippen molar-refractivity contribution in [3.05, 3.63) is 28.1 Å². The summed E-state index contributed by atoms with van der Waals surface area (Å²) in [5.41, 5.74) is 6.52. The van der Waals surface area contributed by atoms with Gasteiger partial charge in [-0.25, -0.2) is 0 Å². The number of thiophene rings is 1. The highest BCUT2D eigenvalue weighted by atomic mass is 35.5. The van der Waals surface area contributed by atoms with Gasteiger partial charge in [0.15, 0.2) is 0 Å². The van der Waals surface area contributed by atoms with Crippen molar-refractivity contribution in [2.75, 3.05) is 5.73 Å². The Hall–Kier alpha value is -1.70. The number of benzene rings is 1. The molecule has 0 bridgehead atoms. The summed E-state index contributed by atoms with van der Waals surface area (Å²) < 4.78 is 0.946. The maximum Gasteiger partial charge on any atom is 0.263 e. The Balaban J connectivity index is 2.31. The van der Waals surface area contributed by atoms with Crippen LogP contribution in [-0.4, -0.2) is 11.9 Å². The van der Waals surface area contributed by atoms with E-state index in [1.807, 2.05) is 13.0 Å². The number of nitrogen functional groups attached to an aromatic ring is 1. The molecular weight excluding hydrogens is 292 g/mol. The molecule has 0 radical (unpaired) electrons. The molecule has 5 heteroatoms. The van der Waals surface area contributed by atoms with Crippen LogP contribution in [0, 0.1) is 12.3 Å². The molecule has 0 aliphatic carbocycles. The maximum atomic E-state index is 12.3. The predicted octanol–water partition coefficient (Wildman–Crippen LogP) is 3.67. The summed E-state index contributed by atoms with van der Waals surface area (Å²) in [5.74, 6) is 2.39. The molecule has 20 heavy (non-hydrogen) atoms. The molecular formula is C15H15ClN2OS. The Kier molecular flexibility index (Phi) is 4.53. The van der Waals surface area contributed by atoms with Gasteiger partial charge in [-0.3, -0.25) is 4.79 Å². The molecule has 1 unspecified atom stereocenters. The first kappa shape index (κ1) is 14.7. The second-order valence-electron chi connectivity index (χ2n) is 4.47. The summed E-state index contributed by atoms with van der Waals surface area (Å²) in [6.07, 6.45) is 6.59. The predicted molar refractivity (Wildman–Crippen MR) is 86.2 cm³/mol. The minimum Gasteiger partial charge on any atom is -0.397 e. The van der Waals surface area contributed by atoms with Gasteiger partial charge >= 0.3 is 0 Å². The Labute approximate surface area is 127 Å². The van der Waals surface area contributed by atoms with Crippen LogP contribution in [0.25, 0.3) is 10.1 Å². The molecule has 1 atom stereocenters. The number of terminal acetylenes is 1. The van der Waals surface area contributed by atoms with E-state index >= 15 is 0 Å². The molecule has 1 aromatic carbocycles. The van der Waals surface area contributed by atoms with Gasteiger partial charge in [0.1, 0.15) is 4.88 Å². The van der Waals surface area contributed by atoms with Crippen molar-refractivity contribution in [3.8, 4) is 12.3 Å². The average Bonchev–Trinajstić information content (AvgIpc) is 2.75. The number of hydrogen-bond donors (Lipinski definition) is 2. The fourth-order valence-corrected chi connectivity index (χ4v) is 3.13. The average molecular weight is 307 g/mol. The first-order valence-corrected chi connectivity index (χ1v) is 7.48. The highest BCUT2D eigenvalue weighted by Gasteiger charge is 2.18. The molecule has 1 heterocycles. The van der Waals surface area contributed by atoms with Gasteiger partial charge in [0, 0.05) is 27.6 Å². The lowest BCUT2D eigenvalue weighted by Crippen LogP contribution is -2.33. The molecule has 0 aliphatic heterocycles. The third kappa shape index (κ3) is 2.90. The van der Waals surface area contributed by atoms with Gasteiger partial charge in [0.2, 0.25) is 0 Å². The lowest BCUT2D eigenvalue weighted by molar-refractivity contribution is 0.0941. The number of rotatable bonds is 4. The molecule has 0 spiro atoms. The Morgan fingerprint density at radius 2 is 2.35 bits per heavy atom. The van der Waals surface area contributed by atoms with Crippen LogP contribution in [-0.2, 0) is 0 Å². The van der Waals surface area contributed by atoms with Crippen LogP contribution in [0.2, 0.25) is 5.02 Å². The van der Waals surface area contributed by atoms with Crippen LogP contribution in [0.5, 0.6) is 0 Å². The van der Waals surface area contributed by atoms with Crippen LogP contribution in [0.1, 0.15) is 29.4 Å². The van der Waals surface area contributed by atoms with E-state index in [1.165, 1.54) is 11.3 Å². The summed E-state index contributed by atoms with van der Waals surface area (Å²) in [7, 11) is 0. The summed E-state index contributed by atoms with van der Waals surface area (Å²) in [4.78, 5) is 12.8. The standard InChI is InChI=1S/C15H15ClN2OS/c1-3-5-10(4-2)18-15(19)14-13(17)11-8-9(16)6-7-12(11)20-14/h1,6-8,10H,4-5,17H2,2H3,(H,18,19). The van der Waals surface area contributed by atoms with E-state index in [0.717, 1.165) is 16.5 Å². The number of halogens is 1. The third-order valence-electron chi connectivity index (χ3n) is 3.09. The van der Waals surface area contributed by atoms with Crippen LogP contribution >= 0.6 is 22.9 Å². The topological polar surface area (TPSA) is 55.1 Å². The third-order valence-corrected chi connectivity index (χ3v) is 4.51. The fourth-order valence-electron chi connectivity index (χ4n) is 1.95. The van der Waals surface area contributed by atoms with Crippen molar-refractivity contribution in [2.45, 2.75) is 25.8 Å². The zero-order valence-electron chi connectivity index (χ0n) is 11.1. The zero-order chi connectivity index (χ0) is 14.7. The van der Waals surface area contributed by atoms with Crippen LogP contribution in [0.4, 0.5) is 5.69 Å². The number of carbonyl (C=O) groups excluding carboxylic acids is 1. The van der Waals surface area contributed by atoms with Crippen LogP contribution in [0.15, 0.2) is 18.2 Å². The van der Waals surface area contributed by atoms with Crippen molar-refractivity contribution in [1.82, 2.24) is 5.32 Å². The first-order chi connectivity index (χ1) is 9.56. The molecule has 1 amide bonds. The molecule has 0 saturated heterocycles. The highest BCUT2D eigenvalue weighted by Crippen LogP contribution is 2.35. The van der Waals surface area contributed by atoms with Gasteiger partial charge in [0.05, 0.1) is 5.69 Å². The van der Waals surface area contributed by atoms with E-state index in [4.69, 9.17) is 23.8 Å². The number of amides is 1. The van der Waals surface area contributed by atoms with E-state index in [2.05, 4.69) is 11.2 Å². The Morgan fingerprint density at radius 3 is 3.00 bits per heavy atom. The van der Waals surface area contributed by atoms with E-state index in [1.54, 1.807) is 12.1 Å². The smallest absolute Gasteiger partial charge is 0.263 e.